The Balaban J connectivity index is 2.76. The second kappa shape index (κ2) is 49.5. The van der Waals surface area contributed by atoms with Crippen molar-refractivity contribution in [3.8, 4) is 0 Å². The van der Waals surface area contributed by atoms with Crippen molar-refractivity contribution in [2.75, 3.05) is 13.2 Å². The first kappa shape index (κ1) is 67.6. The van der Waals surface area contributed by atoms with Gasteiger partial charge in [0.15, 0.2) is 12.4 Å². The molecule has 1 fully saturated rings. The summed E-state index contributed by atoms with van der Waals surface area (Å²) in [7, 11) is 0. The van der Waals surface area contributed by atoms with E-state index in [-0.39, 0.29) is 19.4 Å². The number of rotatable bonds is 47. The second-order valence-corrected chi connectivity index (χ2v) is 19.6. The van der Waals surface area contributed by atoms with Gasteiger partial charge in [0, 0.05) is 6.42 Å². The molecule has 1 rings (SSSR count). The van der Waals surface area contributed by atoms with E-state index in [9.17, 15) is 35.1 Å². The van der Waals surface area contributed by atoms with Crippen LogP contribution in [0.4, 0.5) is 0 Å². The molecule has 0 aromatic heterocycles. The number of ether oxygens (including phenoxy) is 3. The molecule has 418 valence electrons. The van der Waals surface area contributed by atoms with Gasteiger partial charge in [0.05, 0.1) is 25.4 Å². The normalized spacial score (nSPS) is 20.1. The van der Waals surface area contributed by atoms with Crippen molar-refractivity contribution >= 4 is 11.9 Å². The van der Waals surface area contributed by atoms with Crippen LogP contribution in [0.15, 0.2) is 97.2 Å². The van der Waals surface area contributed by atoms with Crippen molar-refractivity contribution in [3.63, 3.8) is 0 Å². The Bertz CT molecular complexity index is 1550. The van der Waals surface area contributed by atoms with Gasteiger partial charge >= 0.3 is 5.97 Å². The number of amides is 1. The van der Waals surface area contributed by atoms with Crippen molar-refractivity contribution < 1.29 is 49.3 Å². The van der Waals surface area contributed by atoms with Crippen LogP contribution in [0.5, 0.6) is 0 Å². The monoisotopic (exact) mass is 1020 g/mol. The SMILES string of the molecule is CC/C=C\C/C=C\C/C=C\C/C=C\C/C=C\C/C=C\CCCC(O)C(=O)NC(COC1OC(CO)C(O)C(O)C1OC(=O)CCCCC/C=C\CCCCCCCC)C(O)/C=C/CCCCCCCCCCC. The molecule has 0 bridgehead atoms. The molecule has 1 amide bonds. The number of hydrogen-bond acceptors (Lipinski definition) is 10. The number of allylic oxidation sites excluding steroid dienone is 15. The van der Waals surface area contributed by atoms with E-state index < -0.39 is 67.4 Å². The summed E-state index contributed by atoms with van der Waals surface area (Å²) in [6.07, 6.45) is 54.6. The second-order valence-electron chi connectivity index (χ2n) is 19.6. The lowest BCUT2D eigenvalue weighted by Crippen LogP contribution is -2.61. The van der Waals surface area contributed by atoms with Gasteiger partial charge in [-0.2, -0.15) is 0 Å². The largest absolute Gasteiger partial charge is 0.454 e. The van der Waals surface area contributed by atoms with Crippen LogP contribution in [-0.2, 0) is 23.8 Å². The molecule has 6 N–H and O–H groups in total. The van der Waals surface area contributed by atoms with E-state index in [1.165, 1.54) is 77.0 Å². The number of aliphatic hydroxyl groups is 5. The third kappa shape index (κ3) is 37.9. The average molecular weight is 1020 g/mol. The maximum atomic E-state index is 13.4. The van der Waals surface area contributed by atoms with Crippen LogP contribution in [0.25, 0.3) is 0 Å². The molecule has 0 aliphatic carbocycles. The topological polar surface area (TPSA) is 175 Å². The zero-order valence-corrected chi connectivity index (χ0v) is 46.0. The highest BCUT2D eigenvalue weighted by atomic mass is 16.7. The third-order valence-electron chi connectivity index (χ3n) is 13.0. The van der Waals surface area contributed by atoms with Gasteiger partial charge in [-0.15, -0.1) is 0 Å². The molecule has 0 radical (unpaired) electrons. The number of carbonyl (C=O) groups excluding carboxylic acids is 2. The Morgan fingerprint density at radius 1 is 0.548 bits per heavy atom. The lowest BCUT2D eigenvalue weighted by Gasteiger charge is -2.41. The van der Waals surface area contributed by atoms with E-state index in [0.717, 1.165) is 89.9 Å². The molecule has 0 spiro atoms. The van der Waals surface area contributed by atoms with Crippen LogP contribution < -0.4 is 5.32 Å². The van der Waals surface area contributed by atoms with Crippen LogP contribution in [0.3, 0.4) is 0 Å². The maximum Gasteiger partial charge on any atom is 0.306 e. The van der Waals surface area contributed by atoms with Crippen LogP contribution in [0.2, 0.25) is 0 Å². The van der Waals surface area contributed by atoms with E-state index in [4.69, 9.17) is 14.2 Å². The molecule has 1 aliphatic heterocycles. The minimum absolute atomic E-state index is 0.0933. The number of aliphatic hydroxyl groups excluding tert-OH is 5. The summed E-state index contributed by atoms with van der Waals surface area (Å²) >= 11 is 0. The van der Waals surface area contributed by atoms with Crippen molar-refractivity contribution in [3.05, 3.63) is 97.2 Å². The number of esters is 1. The molecule has 11 nitrogen and oxygen atoms in total. The first-order chi connectivity index (χ1) is 35.7. The highest BCUT2D eigenvalue weighted by Crippen LogP contribution is 2.26. The Morgan fingerprint density at radius 2 is 0.986 bits per heavy atom. The summed E-state index contributed by atoms with van der Waals surface area (Å²) < 4.78 is 17.5. The smallest absolute Gasteiger partial charge is 0.306 e. The first-order valence-corrected chi connectivity index (χ1v) is 29.0. The molecule has 1 heterocycles. The Morgan fingerprint density at radius 3 is 1.49 bits per heavy atom. The van der Waals surface area contributed by atoms with E-state index in [1.807, 2.05) is 12.2 Å². The predicted octanol–water partition coefficient (Wildman–Crippen LogP) is 13.2. The van der Waals surface area contributed by atoms with Gasteiger partial charge in [-0.1, -0.05) is 208 Å². The first-order valence-electron chi connectivity index (χ1n) is 29.0. The molecule has 1 aliphatic rings. The standard InChI is InChI=1S/C62H105NO10/c1-4-7-10-13-16-19-22-24-25-26-27-28-29-30-32-34-37-40-43-46-49-55(66)61(70)63-53(54(65)48-45-42-39-36-33-21-18-15-12-9-6-3)52-71-62-60(59(69)58(68)56(51-64)72-62)73-57(67)50-47-44-41-38-35-31-23-20-17-14-11-8-5-2/h7,10,16,19,24-25,27-28,30-32,35,37,40,45,48,53-56,58-60,62,64-66,68-69H,4-6,8-9,11-15,17-18,20-23,26,29,33-34,36,38-39,41-44,46-47,49-52H2,1-3H3,(H,63,70)/b10-7-,19-16-,25-24-,28-27-,32-30-,35-31-,40-37-,48-45+. The van der Waals surface area contributed by atoms with Crippen LogP contribution in [0, 0.1) is 0 Å². The van der Waals surface area contributed by atoms with Crippen LogP contribution >= 0.6 is 0 Å². The van der Waals surface area contributed by atoms with Crippen molar-refractivity contribution in [1.82, 2.24) is 5.32 Å². The van der Waals surface area contributed by atoms with E-state index in [2.05, 4.69) is 105 Å². The molecule has 8 unspecified atom stereocenters. The van der Waals surface area contributed by atoms with Crippen LogP contribution in [-0.4, -0.2) is 99.6 Å². The number of hydrogen-bond donors (Lipinski definition) is 6. The van der Waals surface area contributed by atoms with Gasteiger partial charge in [-0.25, -0.2) is 0 Å². The third-order valence-corrected chi connectivity index (χ3v) is 13.0. The fourth-order valence-electron chi connectivity index (χ4n) is 8.36. The highest BCUT2D eigenvalue weighted by Gasteiger charge is 2.47. The van der Waals surface area contributed by atoms with Gasteiger partial charge in [-0.3, -0.25) is 9.59 Å². The summed E-state index contributed by atoms with van der Waals surface area (Å²) in [6, 6.07) is -1.05. The van der Waals surface area contributed by atoms with Gasteiger partial charge < -0.3 is 45.1 Å². The molecule has 11 heteroatoms. The average Bonchev–Trinajstić information content (AvgIpc) is 3.39. The molecule has 73 heavy (non-hydrogen) atoms. The predicted molar refractivity (Wildman–Crippen MR) is 301 cm³/mol. The van der Waals surface area contributed by atoms with Crippen molar-refractivity contribution in [2.45, 2.75) is 269 Å². The number of unbranched alkanes of at least 4 members (excludes halogenated alkanes) is 19. The lowest BCUT2D eigenvalue weighted by molar-refractivity contribution is -0.305. The molecule has 1 saturated heterocycles. The number of carbonyl (C=O) groups is 2. The van der Waals surface area contributed by atoms with Gasteiger partial charge in [-0.05, 0) is 103 Å². The molecule has 0 aromatic carbocycles. The zero-order valence-electron chi connectivity index (χ0n) is 46.0. The minimum Gasteiger partial charge on any atom is -0.454 e. The van der Waals surface area contributed by atoms with Gasteiger partial charge in [0.25, 0.3) is 0 Å². The van der Waals surface area contributed by atoms with Crippen molar-refractivity contribution in [1.29, 1.82) is 0 Å². The molecule has 0 aromatic rings. The summed E-state index contributed by atoms with van der Waals surface area (Å²) in [5.74, 6) is -1.27. The summed E-state index contributed by atoms with van der Waals surface area (Å²) in [5, 5.41) is 56.7. The fourth-order valence-corrected chi connectivity index (χ4v) is 8.36. The Hall–Kier alpha value is -3.42. The van der Waals surface area contributed by atoms with E-state index in [1.54, 1.807) is 6.08 Å². The Labute approximate surface area is 444 Å². The van der Waals surface area contributed by atoms with E-state index >= 15 is 0 Å². The van der Waals surface area contributed by atoms with Crippen molar-refractivity contribution in [2.24, 2.45) is 0 Å². The van der Waals surface area contributed by atoms with Crippen LogP contribution in [0.1, 0.15) is 220 Å². The highest BCUT2D eigenvalue weighted by molar-refractivity contribution is 5.80. The fraction of sp³-hybridized carbons (Fsp3) is 0.710. The molecule has 0 saturated carbocycles. The molecule has 8 atom stereocenters. The summed E-state index contributed by atoms with van der Waals surface area (Å²) in [4.78, 5) is 26.4. The molecular formula is C62H105NO10. The lowest BCUT2D eigenvalue weighted by atomic mass is 9.99. The quantitative estimate of drug-likeness (QED) is 0.0196. The maximum absolute atomic E-state index is 13.4. The summed E-state index contributed by atoms with van der Waals surface area (Å²) in [5.41, 5.74) is 0. The number of nitrogens with one attached hydrogen (secondary N) is 1. The zero-order chi connectivity index (χ0) is 53.3. The van der Waals surface area contributed by atoms with E-state index in [0.29, 0.717) is 19.3 Å². The molecular weight excluding hydrogens is 919 g/mol. The summed E-state index contributed by atoms with van der Waals surface area (Å²) in [6.45, 7) is 5.60. The Kier molecular flexibility index (Phi) is 45.8. The van der Waals surface area contributed by atoms with Gasteiger partial charge in [0.2, 0.25) is 5.91 Å². The van der Waals surface area contributed by atoms with Gasteiger partial charge in [0.1, 0.15) is 24.4 Å². The minimum atomic E-state index is -1.63.